The number of rotatable bonds is 7. The van der Waals surface area contributed by atoms with Crippen molar-refractivity contribution in [2.45, 2.75) is 13.2 Å². The highest BCUT2D eigenvalue weighted by molar-refractivity contribution is 6.09. The van der Waals surface area contributed by atoms with Crippen molar-refractivity contribution in [1.29, 1.82) is 0 Å². The topological polar surface area (TPSA) is 80.6 Å². The van der Waals surface area contributed by atoms with Gasteiger partial charge in [0, 0.05) is 12.7 Å². The van der Waals surface area contributed by atoms with Crippen molar-refractivity contribution in [2.24, 2.45) is 0 Å². The highest BCUT2D eigenvalue weighted by Gasteiger charge is 2.14. The molecule has 0 bridgehead atoms. The van der Waals surface area contributed by atoms with Crippen LogP contribution in [0.4, 0.5) is 5.69 Å². The Hall–Kier alpha value is -3.38. The first-order valence-corrected chi connectivity index (χ1v) is 8.46. The van der Waals surface area contributed by atoms with Gasteiger partial charge < -0.3 is 19.8 Å². The first-order chi connectivity index (χ1) is 13.2. The summed E-state index contributed by atoms with van der Waals surface area (Å²) >= 11 is 0. The minimum atomic E-state index is -0.294. The molecular formula is C21H20N2O4. The summed E-state index contributed by atoms with van der Waals surface area (Å²) in [5.74, 6) is 0.0732. The molecule has 0 aliphatic heterocycles. The van der Waals surface area contributed by atoms with Gasteiger partial charge in [-0.05, 0) is 42.0 Å². The van der Waals surface area contributed by atoms with E-state index in [1.54, 1.807) is 61.9 Å². The number of anilines is 1. The first-order valence-electron chi connectivity index (χ1n) is 8.46. The zero-order valence-corrected chi connectivity index (χ0v) is 14.9. The second-order valence-electron chi connectivity index (χ2n) is 5.89. The fourth-order valence-electron chi connectivity index (χ4n) is 2.58. The molecule has 0 spiro atoms. The normalized spacial score (nSPS) is 10.4. The van der Waals surface area contributed by atoms with Crippen LogP contribution in [0.3, 0.4) is 0 Å². The Balaban J connectivity index is 1.69. The molecule has 3 rings (SSSR count). The average Bonchev–Trinajstić information content (AvgIpc) is 3.21. The third-order valence-electron chi connectivity index (χ3n) is 3.95. The Morgan fingerprint density at radius 3 is 2.44 bits per heavy atom. The van der Waals surface area contributed by atoms with Crippen LogP contribution >= 0.6 is 0 Å². The predicted octanol–water partition coefficient (Wildman–Crippen LogP) is 3.61. The van der Waals surface area contributed by atoms with E-state index in [2.05, 4.69) is 10.6 Å². The van der Waals surface area contributed by atoms with Gasteiger partial charge in [0.15, 0.2) is 0 Å². The minimum Gasteiger partial charge on any atom is -0.467 e. The fourth-order valence-corrected chi connectivity index (χ4v) is 2.58. The number of nitrogens with one attached hydrogen (secondary N) is 2. The van der Waals surface area contributed by atoms with Crippen LogP contribution in [0, 0.1) is 0 Å². The number of furan rings is 1. The lowest BCUT2D eigenvalue weighted by atomic mass is 10.1. The van der Waals surface area contributed by atoms with Crippen LogP contribution in [0.1, 0.15) is 32.0 Å². The lowest BCUT2D eigenvalue weighted by molar-refractivity contribution is 0.0949. The number of methoxy groups -OCH3 is 1. The summed E-state index contributed by atoms with van der Waals surface area (Å²) in [6.07, 6.45) is 1.55. The summed E-state index contributed by atoms with van der Waals surface area (Å²) in [7, 11) is 1.62. The van der Waals surface area contributed by atoms with Crippen LogP contribution in [0.15, 0.2) is 71.3 Å². The molecule has 138 valence electrons. The summed E-state index contributed by atoms with van der Waals surface area (Å²) in [4.78, 5) is 25.0. The molecule has 0 saturated carbocycles. The zero-order valence-electron chi connectivity index (χ0n) is 14.9. The highest BCUT2D eigenvalue weighted by Crippen LogP contribution is 2.17. The summed E-state index contributed by atoms with van der Waals surface area (Å²) in [6, 6.07) is 17.5. The molecule has 2 amide bonds. The van der Waals surface area contributed by atoms with Crippen molar-refractivity contribution in [1.82, 2.24) is 5.32 Å². The van der Waals surface area contributed by atoms with Crippen LogP contribution in [0.2, 0.25) is 0 Å². The van der Waals surface area contributed by atoms with Crippen molar-refractivity contribution < 1.29 is 18.7 Å². The molecule has 2 aromatic carbocycles. The average molecular weight is 364 g/mol. The van der Waals surface area contributed by atoms with Crippen LogP contribution in [0.25, 0.3) is 0 Å². The minimum absolute atomic E-state index is 0.273. The van der Waals surface area contributed by atoms with Gasteiger partial charge in [0.1, 0.15) is 5.76 Å². The lowest BCUT2D eigenvalue weighted by Crippen LogP contribution is -2.24. The van der Waals surface area contributed by atoms with E-state index in [4.69, 9.17) is 9.15 Å². The molecule has 1 aromatic heterocycles. The Morgan fingerprint density at radius 2 is 1.74 bits per heavy atom. The number of hydrogen-bond acceptors (Lipinski definition) is 4. The van der Waals surface area contributed by atoms with Crippen molar-refractivity contribution in [3.05, 3.63) is 89.4 Å². The zero-order chi connectivity index (χ0) is 19.1. The predicted molar refractivity (Wildman–Crippen MR) is 101 cm³/mol. The summed E-state index contributed by atoms with van der Waals surface area (Å²) in [5.41, 5.74) is 2.31. The van der Waals surface area contributed by atoms with Gasteiger partial charge in [0.2, 0.25) is 0 Å². The Kier molecular flexibility index (Phi) is 6.02. The number of benzene rings is 2. The van der Waals surface area contributed by atoms with E-state index in [-0.39, 0.29) is 18.4 Å². The van der Waals surface area contributed by atoms with E-state index in [1.807, 2.05) is 12.1 Å². The molecule has 6 nitrogen and oxygen atoms in total. The maximum Gasteiger partial charge on any atom is 0.255 e. The summed E-state index contributed by atoms with van der Waals surface area (Å²) in [5, 5.41) is 5.58. The van der Waals surface area contributed by atoms with Gasteiger partial charge in [-0.15, -0.1) is 0 Å². The van der Waals surface area contributed by atoms with Crippen LogP contribution < -0.4 is 10.6 Å². The van der Waals surface area contributed by atoms with E-state index < -0.39 is 0 Å². The molecule has 1 heterocycles. The molecule has 3 aromatic rings. The number of para-hydroxylation sites is 1. The summed E-state index contributed by atoms with van der Waals surface area (Å²) < 4.78 is 10.3. The van der Waals surface area contributed by atoms with Gasteiger partial charge in [-0.1, -0.05) is 24.3 Å². The molecule has 0 radical (unpaired) electrons. The first kappa shape index (κ1) is 18.4. The molecule has 0 atom stereocenters. The van der Waals surface area contributed by atoms with Gasteiger partial charge in [0.05, 0.1) is 30.7 Å². The number of carbonyl (C=O) groups is 2. The van der Waals surface area contributed by atoms with Gasteiger partial charge in [-0.25, -0.2) is 0 Å². The maximum atomic E-state index is 12.5. The Bertz CT molecular complexity index is 902. The quantitative estimate of drug-likeness (QED) is 0.671. The second-order valence-corrected chi connectivity index (χ2v) is 5.89. The third kappa shape index (κ3) is 4.83. The smallest absolute Gasteiger partial charge is 0.255 e. The maximum absolute atomic E-state index is 12.5. The highest BCUT2D eigenvalue weighted by atomic mass is 16.5. The molecule has 0 unspecified atom stereocenters. The fraction of sp³-hybridized carbons (Fsp3) is 0.143. The van der Waals surface area contributed by atoms with Crippen LogP contribution in [-0.2, 0) is 17.9 Å². The van der Waals surface area contributed by atoms with Gasteiger partial charge in [-0.3, -0.25) is 9.59 Å². The molecule has 0 aliphatic carbocycles. The van der Waals surface area contributed by atoms with E-state index in [0.717, 1.165) is 5.56 Å². The summed E-state index contributed by atoms with van der Waals surface area (Å²) in [6.45, 7) is 0.760. The van der Waals surface area contributed by atoms with Crippen molar-refractivity contribution in [3.8, 4) is 0 Å². The Morgan fingerprint density at radius 1 is 0.963 bits per heavy atom. The number of ether oxygens (including phenoxy) is 1. The number of hydrogen-bond donors (Lipinski definition) is 2. The van der Waals surface area contributed by atoms with Gasteiger partial charge >= 0.3 is 0 Å². The molecule has 2 N–H and O–H groups in total. The molecule has 0 aliphatic rings. The lowest BCUT2D eigenvalue weighted by Gasteiger charge is -2.11. The van der Waals surface area contributed by atoms with E-state index >= 15 is 0 Å². The number of amides is 2. The molecule has 6 heteroatoms. The van der Waals surface area contributed by atoms with Gasteiger partial charge in [0.25, 0.3) is 11.8 Å². The van der Waals surface area contributed by atoms with Crippen LogP contribution in [0.5, 0.6) is 0 Å². The van der Waals surface area contributed by atoms with Gasteiger partial charge in [-0.2, -0.15) is 0 Å². The monoisotopic (exact) mass is 364 g/mol. The van der Waals surface area contributed by atoms with E-state index in [1.165, 1.54) is 0 Å². The standard InChI is InChI=1S/C21H20N2O4/c1-26-14-15-8-10-16(11-9-15)20(24)23-19-7-3-2-6-18(19)21(25)22-13-17-5-4-12-27-17/h2-12H,13-14H2,1H3,(H,22,25)(H,23,24). The molecule has 0 fully saturated rings. The van der Waals surface area contributed by atoms with Crippen molar-refractivity contribution in [3.63, 3.8) is 0 Å². The van der Waals surface area contributed by atoms with E-state index in [9.17, 15) is 9.59 Å². The SMILES string of the molecule is COCc1ccc(C(=O)Nc2ccccc2C(=O)NCc2ccco2)cc1. The van der Waals surface area contributed by atoms with Crippen LogP contribution in [-0.4, -0.2) is 18.9 Å². The van der Waals surface area contributed by atoms with Crippen molar-refractivity contribution >= 4 is 17.5 Å². The molecule has 0 saturated heterocycles. The van der Waals surface area contributed by atoms with Crippen molar-refractivity contribution in [2.75, 3.05) is 12.4 Å². The second kappa shape index (κ2) is 8.82. The third-order valence-corrected chi connectivity index (χ3v) is 3.95. The number of carbonyl (C=O) groups excluding carboxylic acids is 2. The largest absolute Gasteiger partial charge is 0.467 e. The molecule has 27 heavy (non-hydrogen) atoms. The Labute approximate surface area is 157 Å². The molecular weight excluding hydrogens is 344 g/mol. The van der Waals surface area contributed by atoms with E-state index in [0.29, 0.717) is 29.2 Å².